The van der Waals surface area contributed by atoms with E-state index in [1.807, 2.05) is 19.2 Å². The SMILES string of the molecule is CC[C@H](/C=C1\OC(=O)C2=C(c3cc(O)ccc3-c3cccc(CNC)c3)[C@@H]3CC[C@@]21[C@H]1C2=C(CC[C@@H]31)C(=C1CC[C@]34CCC[C@@]3(C1)[C@H]1C[C@@H](NC)NC[C@H]1CC4)OC2=O)Cc1ccccc1. The summed E-state index contributed by atoms with van der Waals surface area (Å²) in [6.07, 6.45) is 18.6. The van der Waals surface area contributed by atoms with Gasteiger partial charge in [-0.1, -0.05) is 67.9 Å². The lowest BCUT2D eigenvalue weighted by atomic mass is 9.43. The van der Waals surface area contributed by atoms with E-state index >= 15 is 9.59 Å². The number of esters is 2. The van der Waals surface area contributed by atoms with Crippen molar-refractivity contribution in [2.45, 2.75) is 116 Å². The van der Waals surface area contributed by atoms with E-state index in [1.165, 1.54) is 56.1 Å². The lowest BCUT2D eigenvalue weighted by Gasteiger charge is -2.62. The van der Waals surface area contributed by atoms with Crippen LogP contribution < -0.4 is 16.0 Å². The molecule has 2 bridgehead atoms. The van der Waals surface area contributed by atoms with Crippen LogP contribution in [0.5, 0.6) is 5.75 Å². The number of cyclic esters (lactones) is 2. The Bertz CT molecular complexity index is 2630. The summed E-state index contributed by atoms with van der Waals surface area (Å²) in [5.74, 6) is 2.67. The zero-order valence-electron chi connectivity index (χ0n) is 39.1. The Morgan fingerprint density at radius 3 is 2.56 bits per heavy atom. The van der Waals surface area contributed by atoms with E-state index in [1.54, 1.807) is 6.07 Å². The third-order valence-electron chi connectivity index (χ3n) is 19.3. The summed E-state index contributed by atoms with van der Waals surface area (Å²) in [6, 6.07) is 24.8. The quantitative estimate of drug-likeness (QED) is 0.157. The monoisotopic (exact) mass is 886 g/mol. The third-order valence-corrected chi connectivity index (χ3v) is 19.3. The van der Waals surface area contributed by atoms with E-state index in [2.05, 4.69) is 90.6 Å². The maximum Gasteiger partial charge on any atom is 0.340 e. The van der Waals surface area contributed by atoms with Gasteiger partial charge in [-0.25, -0.2) is 9.59 Å². The highest BCUT2D eigenvalue weighted by molar-refractivity contribution is 6.07. The molecule has 13 rings (SSSR count). The van der Waals surface area contributed by atoms with E-state index in [-0.39, 0.29) is 46.8 Å². The maximum atomic E-state index is 15.1. The highest BCUT2D eigenvalue weighted by Gasteiger charge is 2.69. The van der Waals surface area contributed by atoms with Gasteiger partial charge in [-0.05, 0) is 214 Å². The normalized spacial score (nSPS) is 36.3. The van der Waals surface area contributed by atoms with Crippen molar-refractivity contribution in [3.05, 3.63) is 129 Å². The number of aromatic hydroxyl groups is 1. The van der Waals surface area contributed by atoms with E-state index in [0.29, 0.717) is 29.0 Å². The maximum absolute atomic E-state index is 15.1. The summed E-state index contributed by atoms with van der Waals surface area (Å²) in [7, 11) is 4.05. The molecule has 0 unspecified atom stereocenters. The summed E-state index contributed by atoms with van der Waals surface area (Å²) in [6.45, 7) is 4.04. The van der Waals surface area contributed by atoms with Gasteiger partial charge >= 0.3 is 11.9 Å². The molecular formula is C58H67N3O5. The van der Waals surface area contributed by atoms with Gasteiger partial charge < -0.3 is 30.5 Å². The van der Waals surface area contributed by atoms with Gasteiger partial charge in [0.2, 0.25) is 0 Å². The van der Waals surface area contributed by atoms with Gasteiger partial charge in [0.25, 0.3) is 0 Å². The van der Waals surface area contributed by atoms with Gasteiger partial charge in [0.1, 0.15) is 17.3 Å². The van der Waals surface area contributed by atoms with E-state index < -0.39 is 5.41 Å². The average molecular weight is 886 g/mol. The lowest BCUT2D eigenvalue weighted by molar-refractivity contribution is -0.135. The fourth-order valence-corrected chi connectivity index (χ4v) is 16.6. The highest BCUT2D eigenvalue weighted by atomic mass is 16.6. The molecule has 4 saturated carbocycles. The number of phenols is 1. The summed E-state index contributed by atoms with van der Waals surface area (Å²) < 4.78 is 13.5. The zero-order chi connectivity index (χ0) is 45.0. The first-order valence-electron chi connectivity index (χ1n) is 25.6. The van der Waals surface area contributed by atoms with Crippen molar-refractivity contribution in [2.75, 3.05) is 20.6 Å². The molecule has 0 aromatic heterocycles. The molecule has 1 spiro atoms. The van der Waals surface area contributed by atoms with Crippen LogP contribution in [0.3, 0.4) is 0 Å². The first-order valence-corrected chi connectivity index (χ1v) is 25.6. The van der Waals surface area contributed by atoms with Crippen LogP contribution in [-0.2, 0) is 32.0 Å². The van der Waals surface area contributed by atoms with Crippen LogP contribution in [0.15, 0.2) is 113 Å². The van der Waals surface area contributed by atoms with E-state index in [4.69, 9.17) is 9.47 Å². The molecule has 6 fully saturated rings. The van der Waals surface area contributed by atoms with Crippen LogP contribution in [0.25, 0.3) is 16.7 Å². The van der Waals surface area contributed by atoms with Gasteiger partial charge in [0.15, 0.2) is 0 Å². The third kappa shape index (κ3) is 6.25. The number of ether oxygens (including phenoxy) is 2. The minimum Gasteiger partial charge on any atom is -0.508 e. The van der Waals surface area contributed by atoms with Crippen molar-refractivity contribution in [1.29, 1.82) is 0 Å². The predicted octanol–water partition coefficient (Wildman–Crippen LogP) is 10.7. The number of carbonyl (C=O) groups is 2. The van der Waals surface area contributed by atoms with Crippen LogP contribution in [0.1, 0.15) is 114 Å². The molecule has 2 saturated heterocycles. The summed E-state index contributed by atoms with van der Waals surface area (Å²) >= 11 is 0. The van der Waals surface area contributed by atoms with Gasteiger partial charge in [-0.15, -0.1) is 0 Å². The number of rotatable bonds is 9. The molecule has 7 aliphatic carbocycles. The number of piperidine rings is 1. The Hall–Kier alpha value is -4.76. The van der Waals surface area contributed by atoms with Crippen molar-refractivity contribution < 1.29 is 24.2 Å². The smallest absolute Gasteiger partial charge is 0.340 e. The number of allylic oxidation sites excluding steroid dienone is 5. The topological polar surface area (TPSA) is 109 Å². The molecule has 8 heteroatoms. The standard InChI is InChI=1S/C58H67N3O5/c1-4-34(26-35-10-6-5-7-11-35)28-47-58-25-20-42(49(52(58)55(64)65-47)45-29-40(62)14-15-41(45)37-13-8-12-36(27-37)32-59-2)43-16-17-44-50(51(43)58)54(63)66-53(44)38-18-23-56-21-9-22-57(56,31-38)46-30-48(60-3)61-33-39(46)19-24-56/h5-8,10-15,27-29,34,39,42-43,46,48,51,59-62H,4,9,16-26,30-33H2,1-3H3/b47-28-,53-38?/t34-,39+,42+,43-,46-,48-,51+,56-,57+,58+/m0/s1. The number of phenolic OH excluding ortho intramolecular Hbond substituents is 1. The molecule has 0 amide bonds. The van der Waals surface area contributed by atoms with E-state index in [9.17, 15) is 5.11 Å². The molecule has 344 valence electrons. The second-order valence-electron chi connectivity index (χ2n) is 21.9. The first-order chi connectivity index (χ1) is 32.2. The molecule has 10 atom stereocenters. The average Bonchev–Trinajstić information content (AvgIpc) is 4.00. The minimum absolute atomic E-state index is 0.0107. The Morgan fingerprint density at radius 1 is 0.864 bits per heavy atom. The predicted molar refractivity (Wildman–Crippen MR) is 257 cm³/mol. The number of benzene rings is 3. The zero-order valence-corrected chi connectivity index (χ0v) is 39.1. The molecule has 8 nitrogen and oxygen atoms in total. The molecule has 0 radical (unpaired) electrons. The molecular weight excluding hydrogens is 819 g/mol. The van der Waals surface area contributed by atoms with Crippen molar-refractivity contribution in [3.8, 4) is 16.9 Å². The number of hydrogen-bond acceptors (Lipinski definition) is 8. The van der Waals surface area contributed by atoms with Crippen LogP contribution in [-0.4, -0.2) is 43.9 Å². The van der Waals surface area contributed by atoms with Crippen LogP contribution >= 0.6 is 0 Å². The Morgan fingerprint density at radius 2 is 1.73 bits per heavy atom. The highest BCUT2D eigenvalue weighted by Crippen LogP contribution is 2.75. The lowest BCUT2D eigenvalue weighted by Crippen LogP contribution is -2.60. The summed E-state index contributed by atoms with van der Waals surface area (Å²) in [5, 5.41) is 22.0. The second-order valence-corrected chi connectivity index (χ2v) is 21.9. The fraction of sp³-hybridized carbons (Fsp3) is 0.517. The molecule has 3 aromatic rings. The number of hydrogen-bond donors (Lipinski definition) is 4. The largest absolute Gasteiger partial charge is 0.508 e. The number of carbonyl (C=O) groups excluding carboxylic acids is 2. The van der Waals surface area contributed by atoms with Crippen molar-refractivity contribution in [2.24, 2.45) is 51.8 Å². The van der Waals surface area contributed by atoms with Crippen LogP contribution in [0, 0.1) is 51.8 Å². The molecule has 3 aromatic carbocycles. The Balaban J connectivity index is 1.02. The molecule has 66 heavy (non-hydrogen) atoms. The molecule has 3 heterocycles. The Kier molecular flexibility index (Phi) is 10.5. The molecule has 10 aliphatic rings. The van der Waals surface area contributed by atoms with Crippen molar-refractivity contribution >= 4 is 17.5 Å². The van der Waals surface area contributed by atoms with Gasteiger partial charge in [0, 0.05) is 23.6 Å². The van der Waals surface area contributed by atoms with E-state index in [0.717, 1.165) is 115 Å². The first kappa shape index (κ1) is 42.6. The number of fused-ring (bicyclic) bond motifs is 2. The van der Waals surface area contributed by atoms with Crippen LogP contribution in [0.4, 0.5) is 0 Å². The summed E-state index contributed by atoms with van der Waals surface area (Å²) in [4.78, 5) is 30.2. The molecule has 3 aliphatic heterocycles. The molecule has 4 N–H and O–H groups in total. The van der Waals surface area contributed by atoms with Gasteiger partial charge in [-0.3, -0.25) is 0 Å². The summed E-state index contributed by atoms with van der Waals surface area (Å²) in [5.41, 5.74) is 10.2. The van der Waals surface area contributed by atoms with Crippen molar-refractivity contribution in [3.63, 3.8) is 0 Å². The fourth-order valence-electron chi connectivity index (χ4n) is 16.6. The van der Waals surface area contributed by atoms with Gasteiger partial charge in [-0.2, -0.15) is 0 Å². The van der Waals surface area contributed by atoms with Gasteiger partial charge in [0.05, 0.1) is 17.2 Å². The van der Waals surface area contributed by atoms with Crippen molar-refractivity contribution in [1.82, 2.24) is 16.0 Å². The minimum atomic E-state index is -0.827. The Labute approximate surface area is 390 Å². The van der Waals surface area contributed by atoms with Crippen LogP contribution in [0.2, 0.25) is 0 Å². The second kappa shape index (κ2) is 16.2. The number of nitrogens with one attached hydrogen (secondary N) is 3.